The van der Waals surface area contributed by atoms with Gasteiger partial charge in [-0.3, -0.25) is 0 Å². The second kappa shape index (κ2) is 5.30. The molecule has 3 rings (SSSR count). The molecule has 0 bridgehead atoms. The molecule has 1 fully saturated rings. The van der Waals surface area contributed by atoms with Gasteiger partial charge in [-0.2, -0.15) is 0 Å². The van der Waals surface area contributed by atoms with Gasteiger partial charge in [0.15, 0.2) is 0 Å². The SMILES string of the molecule is Cc1csc(C(NC2CC2)c2cc(C)c(C)cc2C)n1. The molecule has 2 nitrogen and oxygen atoms in total. The van der Waals surface area contributed by atoms with E-state index in [0.29, 0.717) is 6.04 Å². The summed E-state index contributed by atoms with van der Waals surface area (Å²) in [6.07, 6.45) is 2.59. The standard InChI is InChI=1S/C17H22N2S/c1-10-7-12(3)15(8-11(10)2)16(19-14-5-6-14)17-18-13(4)9-20-17/h7-9,14,16,19H,5-6H2,1-4H3. The van der Waals surface area contributed by atoms with E-state index in [9.17, 15) is 0 Å². The van der Waals surface area contributed by atoms with Crippen molar-refractivity contribution in [3.63, 3.8) is 0 Å². The lowest BCUT2D eigenvalue weighted by atomic mass is 9.96. The molecule has 1 saturated carbocycles. The lowest BCUT2D eigenvalue weighted by Crippen LogP contribution is -2.25. The predicted molar refractivity (Wildman–Crippen MR) is 85.5 cm³/mol. The summed E-state index contributed by atoms with van der Waals surface area (Å²) in [7, 11) is 0. The Morgan fingerprint density at radius 3 is 2.40 bits per heavy atom. The first-order valence-electron chi connectivity index (χ1n) is 7.30. The summed E-state index contributed by atoms with van der Waals surface area (Å²) in [4.78, 5) is 4.72. The highest BCUT2D eigenvalue weighted by Gasteiger charge is 2.28. The van der Waals surface area contributed by atoms with E-state index in [1.54, 1.807) is 11.3 Å². The molecule has 1 heterocycles. The third-order valence-electron chi connectivity index (χ3n) is 4.06. The highest BCUT2D eigenvalue weighted by atomic mass is 32.1. The first kappa shape index (κ1) is 13.8. The molecule has 0 aliphatic heterocycles. The molecule has 1 atom stereocenters. The highest BCUT2D eigenvalue weighted by Crippen LogP contribution is 2.33. The zero-order valence-electron chi connectivity index (χ0n) is 12.7. The first-order chi connectivity index (χ1) is 9.54. The number of aromatic nitrogens is 1. The van der Waals surface area contributed by atoms with E-state index in [4.69, 9.17) is 4.98 Å². The Hall–Kier alpha value is -1.19. The van der Waals surface area contributed by atoms with Crippen molar-refractivity contribution in [3.05, 3.63) is 50.5 Å². The van der Waals surface area contributed by atoms with Gasteiger partial charge in [0, 0.05) is 17.1 Å². The van der Waals surface area contributed by atoms with E-state index in [1.807, 2.05) is 0 Å². The van der Waals surface area contributed by atoms with Crippen molar-refractivity contribution in [2.24, 2.45) is 0 Å². The Balaban J connectivity index is 2.02. The topological polar surface area (TPSA) is 24.9 Å². The number of nitrogens with one attached hydrogen (secondary N) is 1. The monoisotopic (exact) mass is 286 g/mol. The van der Waals surface area contributed by atoms with Crippen LogP contribution in [0.3, 0.4) is 0 Å². The van der Waals surface area contributed by atoms with Crippen LogP contribution in [0.25, 0.3) is 0 Å². The molecule has 1 aliphatic carbocycles. The summed E-state index contributed by atoms with van der Waals surface area (Å²) in [5, 5.41) is 7.11. The Morgan fingerprint density at radius 2 is 1.80 bits per heavy atom. The third kappa shape index (κ3) is 2.79. The lowest BCUT2D eigenvalue weighted by molar-refractivity contribution is 0.594. The lowest BCUT2D eigenvalue weighted by Gasteiger charge is -2.20. The molecule has 0 spiro atoms. The van der Waals surface area contributed by atoms with E-state index in [2.05, 4.69) is 50.5 Å². The van der Waals surface area contributed by atoms with E-state index in [1.165, 1.54) is 40.1 Å². The van der Waals surface area contributed by atoms with Crippen molar-refractivity contribution in [1.29, 1.82) is 0 Å². The molecule has 0 radical (unpaired) electrons. The van der Waals surface area contributed by atoms with Gasteiger partial charge in [-0.15, -0.1) is 11.3 Å². The largest absolute Gasteiger partial charge is 0.301 e. The molecule has 0 amide bonds. The third-order valence-corrected chi connectivity index (χ3v) is 5.08. The quantitative estimate of drug-likeness (QED) is 0.910. The second-order valence-electron chi connectivity index (χ2n) is 5.99. The summed E-state index contributed by atoms with van der Waals surface area (Å²) in [6.45, 7) is 8.66. The van der Waals surface area contributed by atoms with Crippen LogP contribution < -0.4 is 5.32 Å². The number of hydrogen-bond donors (Lipinski definition) is 1. The van der Waals surface area contributed by atoms with Crippen LogP contribution in [0.5, 0.6) is 0 Å². The van der Waals surface area contributed by atoms with Crippen LogP contribution in [0.4, 0.5) is 0 Å². The van der Waals surface area contributed by atoms with Crippen LogP contribution >= 0.6 is 11.3 Å². The zero-order valence-corrected chi connectivity index (χ0v) is 13.5. The van der Waals surface area contributed by atoms with Crippen LogP contribution in [0.2, 0.25) is 0 Å². The predicted octanol–water partition coefficient (Wildman–Crippen LogP) is 4.22. The Labute approximate surface area is 125 Å². The molecule has 1 aromatic heterocycles. The van der Waals surface area contributed by atoms with E-state index in [0.717, 1.165) is 5.69 Å². The van der Waals surface area contributed by atoms with E-state index in [-0.39, 0.29) is 6.04 Å². The molecule has 1 unspecified atom stereocenters. The number of thiazole rings is 1. The maximum atomic E-state index is 4.72. The average molecular weight is 286 g/mol. The molecule has 3 heteroatoms. The van der Waals surface area contributed by atoms with E-state index < -0.39 is 0 Å². The number of hydrogen-bond acceptors (Lipinski definition) is 3. The van der Waals surface area contributed by atoms with Crippen LogP contribution in [0, 0.1) is 27.7 Å². The van der Waals surface area contributed by atoms with Crippen molar-refractivity contribution in [2.75, 3.05) is 0 Å². The molecule has 1 aliphatic rings. The smallest absolute Gasteiger partial charge is 0.114 e. The van der Waals surface area contributed by atoms with Crippen molar-refractivity contribution in [1.82, 2.24) is 10.3 Å². The fourth-order valence-electron chi connectivity index (χ4n) is 2.58. The maximum Gasteiger partial charge on any atom is 0.114 e. The Bertz CT molecular complexity index is 626. The molecular formula is C17H22N2S. The van der Waals surface area contributed by atoms with Gasteiger partial charge in [0.05, 0.1) is 6.04 Å². The van der Waals surface area contributed by atoms with Crippen LogP contribution in [-0.4, -0.2) is 11.0 Å². The fraction of sp³-hybridized carbons (Fsp3) is 0.471. The minimum atomic E-state index is 0.250. The van der Waals surface area contributed by atoms with Gasteiger partial charge in [0.2, 0.25) is 0 Å². The molecule has 1 aromatic carbocycles. The van der Waals surface area contributed by atoms with Crippen LogP contribution in [0.1, 0.15) is 51.8 Å². The molecular weight excluding hydrogens is 264 g/mol. The van der Waals surface area contributed by atoms with Crippen molar-refractivity contribution in [3.8, 4) is 0 Å². The summed E-state index contributed by atoms with van der Waals surface area (Å²) in [5.41, 5.74) is 6.59. The molecule has 1 N–H and O–H groups in total. The Morgan fingerprint density at radius 1 is 1.10 bits per heavy atom. The Kier molecular flexibility index (Phi) is 3.65. The molecule has 0 saturated heterocycles. The summed E-state index contributed by atoms with van der Waals surface area (Å²) in [5.74, 6) is 0. The van der Waals surface area contributed by atoms with Gasteiger partial charge in [0.25, 0.3) is 0 Å². The van der Waals surface area contributed by atoms with Gasteiger partial charge >= 0.3 is 0 Å². The van der Waals surface area contributed by atoms with Gasteiger partial charge in [-0.05, 0) is 62.8 Å². The van der Waals surface area contributed by atoms with E-state index >= 15 is 0 Å². The van der Waals surface area contributed by atoms with Gasteiger partial charge < -0.3 is 5.32 Å². The minimum Gasteiger partial charge on any atom is -0.301 e. The second-order valence-corrected chi connectivity index (χ2v) is 6.88. The van der Waals surface area contributed by atoms with Crippen LogP contribution in [0.15, 0.2) is 17.5 Å². The van der Waals surface area contributed by atoms with Gasteiger partial charge in [0.1, 0.15) is 5.01 Å². The number of aryl methyl sites for hydroxylation is 4. The number of benzene rings is 1. The van der Waals surface area contributed by atoms with Crippen molar-refractivity contribution >= 4 is 11.3 Å². The summed E-state index contributed by atoms with van der Waals surface area (Å²) < 4.78 is 0. The van der Waals surface area contributed by atoms with Crippen molar-refractivity contribution < 1.29 is 0 Å². The van der Waals surface area contributed by atoms with Gasteiger partial charge in [-0.25, -0.2) is 4.98 Å². The first-order valence-corrected chi connectivity index (χ1v) is 8.18. The molecule has 20 heavy (non-hydrogen) atoms. The molecule has 2 aromatic rings. The highest BCUT2D eigenvalue weighted by molar-refractivity contribution is 7.09. The zero-order chi connectivity index (χ0) is 14.3. The fourth-order valence-corrected chi connectivity index (χ4v) is 3.45. The van der Waals surface area contributed by atoms with Crippen LogP contribution in [-0.2, 0) is 0 Å². The normalized spacial score (nSPS) is 16.4. The maximum absolute atomic E-state index is 4.72. The van der Waals surface area contributed by atoms with Gasteiger partial charge in [-0.1, -0.05) is 12.1 Å². The average Bonchev–Trinajstić information content (AvgIpc) is 3.12. The number of rotatable bonds is 4. The number of nitrogens with zero attached hydrogens (tertiary/aromatic N) is 1. The van der Waals surface area contributed by atoms with Crippen molar-refractivity contribution in [2.45, 2.75) is 52.6 Å². The summed E-state index contributed by atoms with van der Waals surface area (Å²) in [6, 6.07) is 5.56. The molecule has 106 valence electrons. The summed E-state index contributed by atoms with van der Waals surface area (Å²) >= 11 is 1.77. The minimum absolute atomic E-state index is 0.250.